The third kappa shape index (κ3) is 4.35. The van der Waals surface area contributed by atoms with Crippen LogP contribution in [-0.4, -0.2) is 25.1 Å². The summed E-state index contributed by atoms with van der Waals surface area (Å²) in [5, 5.41) is 0. The molecular formula is C19H25NO3S. The van der Waals surface area contributed by atoms with Crippen LogP contribution in [0.1, 0.15) is 44.6 Å². The highest BCUT2D eigenvalue weighted by atomic mass is 32.2. The maximum absolute atomic E-state index is 13.0. The topological polar surface area (TPSA) is 54.5 Å². The molecule has 1 heterocycles. The first-order valence-corrected chi connectivity index (χ1v) is 9.91. The lowest BCUT2D eigenvalue weighted by Crippen LogP contribution is -2.33. The summed E-state index contributed by atoms with van der Waals surface area (Å²) in [6, 6.07) is 6.75. The summed E-state index contributed by atoms with van der Waals surface area (Å²) >= 11 is 0. The van der Waals surface area contributed by atoms with Crippen LogP contribution in [0.4, 0.5) is 0 Å². The predicted octanol–water partition coefficient (Wildman–Crippen LogP) is 3.98. The van der Waals surface area contributed by atoms with E-state index >= 15 is 0 Å². The number of ketones is 1. The SMILES string of the molecule is CCC/C=C/C(=O)C1=CCCCCN1S(=O)(=O)c1ccc(C)cc1. The molecule has 0 bridgehead atoms. The fourth-order valence-electron chi connectivity index (χ4n) is 2.61. The molecule has 0 radical (unpaired) electrons. The van der Waals surface area contributed by atoms with Gasteiger partial charge in [0.2, 0.25) is 5.78 Å². The first kappa shape index (κ1) is 18.5. The normalized spacial score (nSPS) is 16.1. The second-order valence-corrected chi connectivity index (χ2v) is 7.89. The van der Waals surface area contributed by atoms with Gasteiger partial charge in [0.25, 0.3) is 10.0 Å². The maximum Gasteiger partial charge on any atom is 0.264 e. The number of hydrogen-bond acceptors (Lipinski definition) is 3. The Morgan fingerprint density at radius 1 is 1.21 bits per heavy atom. The first-order valence-electron chi connectivity index (χ1n) is 8.47. The van der Waals surface area contributed by atoms with Crippen LogP contribution in [0.25, 0.3) is 0 Å². The van der Waals surface area contributed by atoms with Gasteiger partial charge < -0.3 is 0 Å². The molecule has 1 aliphatic rings. The van der Waals surface area contributed by atoms with E-state index in [0.717, 1.165) is 37.7 Å². The van der Waals surface area contributed by atoms with E-state index in [9.17, 15) is 13.2 Å². The largest absolute Gasteiger partial charge is 0.288 e. The number of sulfonamides is 1. The Morgan fingerprint density at radius 3 is 2.58 bits per heavy atom. The van der Waals surface area contributed by atoms with Gasteiger partial charge >= 0.3 is 0 Å². The lowest BCUT2D eigenvalue weighted by molar-refractivity contribution is -0.112. The molecule has 5 heteroatoms. The molecule has 0 fully saturated rings. The van der Waals surface area contributed by atoms with Gasteiger partial charge in [-0.3, -0.25) is 9.10 Å². The Labute approximate surface area is 144 Å². The molecule has 0 saturated carbocycles. The van der Waals surface area contributed by atoms with E-state index in [1.54, 1.807) is 30.3 Å². The molecule has 1 aromatic carbocycles. The van der Waals surface area contributed by atoms with Crippen molar-refractivity contribution in [3.8, 4) is 0 Å². The number of unbranched alkanes of at least 4 members (excludes halogenated alkanes) is 1. The molecule has 1 aromatic rings. The second kappa shape index (κ2) is 8.29. The molecule has 0 saturated heterocycles. The van der Waals surface area contributed by atoms with Gasteiger partial charge in [0.15, 0.2) is 0 Å². The van der Waals surface area contributed by atoms with E-state index in [1.807, 2.05) is 19.9 Å². The van der Waals surface area contributed by atoms with Crippen molar-refractivity contribution in [1.29, 1.82) is 0 Å². The fourth-order valence-corrected chi connectivity index (χ4v) is 4.14. The molecule has 1 aliphatic heterocycles. The zero-order valence-corrected chi connectivity index (χ0v) is 15.2. The van der Waals surface area contributed by atoms with Crippen LogP contribution in [0.15, 0.2) is 53.1 Å². The minimum absolute atomic E-state index is 0.228. The van der Waals surface area contributed by atoms with Crippen molar-refractivity contribution < 1.29 is 13.2 Å². The molecular weight excluding hydrogens is 322 g/mol. The third-order valence-corrected chi connectivity index (χ3v) is 5.84. The number of aryl methyl sites for hydroxylation is 1. The zero-order chi connectivity index (χ0) is 17.6. The first-order chi connectivity index (χ1) is 11.5. The standard InChI is InChI=1S/C19H25NO3S/c1-3-4-6-10-19(21)18-9-7-5-8-15-20(18)24(22,23)17-13-11-16(2)12-14-17/h6,9-14H,3-5,7-8,15H2,1-2H3/b10-6+. The number of nitrogens with zero attached hydrogens (tertiary/aromatic N) is 1. The number of carbonyl (C=O) groups is 1. The Morgan fingerprint density at radius 2 is 1.92 bits per heavy atom. The molecule has 0 amide bonds. The molecule has 24 heavy (non-hydrogen) atoms. The summed E-state index contributed by atoms with van der Waals surface area (Å²) < 4.78 is 27.3. The highest BCUT2D eigenvalue weighted by Gasteiger charge is 2.29. The minimum atomic E-state index is -3.72. The van der Waals surface area contributed by atoms with Gasteiger partial charge in [-0.05, 0) is 50.8 Å². The van der Waals surface area contributed by atoms with Crippen LogP contribution in [0.3, 0.4) is 0 Å². The molecule has 0 aromatic heterocycles. The molecule has 0 spiro atoms. The van der Waals surface area contributed by atoms with Crippen LogP contribution in [-0.2, 0) is 14.8 Å². The van der Waals surface area contributed by atoms with Crippen LogP contribution >= 0.6 is 0 Å². The molecule has 4 nitrogen and oxygen atoms in total. The Hall–Kier alpha value is -1.88. The Bertz CT molecular complexity index is 730. The van der Waals surface area contributed by atoms with E-state index < -0.39 is 10.0 Å². The number of benzene rings is 1. The number of allylic oxidation sites excluding steroid dienone is 3. The third-order valence-electron chi connectivity index (χ3n) is 4.01. The molecule has 0 atom stereocenters. The Balaban J connectivity index is 2.36. The summed E-state index contributed by atoms with van der Waals surface area (Å²) in [4.78, 5) is 12.7. The second-order valence-electron chi connectivity index (χ2n) is 6.03. The van der Waals surface area contributed by atoms with E-state index in [4.69, 9.17) is 0 Å². The van der Waals surface area contributed by atoms with E-state index in [1.165, 1.54) is 10.4 Å². The van der Waals surface area contributed by atoms with Gasteiger partial charge in [-0.15, -0.1) is 0 Å². The molecule has 0 unspecified atom stereocenters. The monoisotopic (exact) mass is 347 g/mol. The highest BCUT2D eigenvalue weighted by Crippen LogP contribution is 2.25. The van der Waals surface area contributed by atoms with Gasteiger partial charge in [-0.1, -0.05) is 43.2 Å². The van der Waals surface area contributed by atoms with E-state index in [2.05, 4.69) is 0 Å². The van der Waals surface area contributed by atoms with Gasteiger partial charge in [0.1, 0.15) is 0 Å². The summed E-state index contributed by atoms with van der Waals surface area (Å²) in [6.45, 7) is 4.29. The van der Waals surface area contributed by atoms with Crippen molar-refractivity contribution in [1.82, 2.24) is 4.31 Å². The number of carbonyl (C=O) groups excluding carboxylic acids is 1. The molecule has 2 rings (SSSR count). The van der Waals surface area contributed by atoms with Gasteiger partial charge in [-0.2, -0.15) is 0 Å². The summed E-state index contributed by atoms with van der Waals surface area (Å²) in [5.41, 5.74) is 1.28. The van der Waals surface area contributed by atoms with Crippen molar-refractivity contribution in [3.05, 3.63) is 53.8 Å². The highest BCUT2D eigenvalue weighted by molar-refractivity contribution is 7.89. The lowest BCUT2D eigenvalue weighted by atomic mass is 10.2. The van der Waals surface area contributed by atoms with Crippen LogP contribution in [0, 0.1) is 6.92 Å². The average Bonchev–Trinajstić information content (AvgIpc) is 2.82. The van der Waals surface area contributed by atoms with Crippen molar-refractivity contribution in [2.75, 3.05) is 6.54 Å². The average molecular weight is 347 g/mol. The minimum Gasteiger partial charge on any atom is -0.288 e. The fraction of sp³-hybridized carbons (Fsp3) is 0.421. The molecule has 0 N–H and O–H groups in total. The quantitative estimate of drug-likeness (QED) is 0.732. The predicted molar refractivity (Wildman–Crippen MR) is 96.1 cm³/mol. The smallest absolute Gasteiger partial charge is 0.264 e. The van der Waals surface area contributed by atoms with E-state index in [-0.39, 0.29) is 16.4 Å². The van der Waals surface area contributed by atoms with Gasteiger partial charge in [-0.25, -0.2) is 8.42 Å². The number of hydrogen-bond donors (Lipinski definition) is 0. The van der Waals surface area contributed by atoms with E-state index in [0.29, 0.717) is 6.54 Å². The zero-order valence-electron chi connectivity index (χ0n) is 14.4. The molecule has 0 aliphatic carbocycles. The maximum atomic E-state index is 13.0. The molecule has 130 valence electrons. The van der Waals surface area contributed by atoms with Crippen molar-refractivity contribution >= 4 is 15.8 Å². The van der Waals surface area contributed by atoms with Gasteiger partial charge in [0, 0.05) is 6.54 Å². The summed E-state index contributed by atoms with van der Waals surface area (Å²) in [5.74, 6) is -0.235. The van der Waals surface area contributed by atoms with Gasteiger partial charge in [0.05, 0.1) is 10.6 Å². The number of rotatable bonds is 6. The van der Waals surface area contributed by atoms with Crippen LogP contribution < -0.4 is 0 Å². The lowest BCUT2D eigenvalue weighted by Gasteiger charge is -2.24. The van der Waals surface area contributed by atoms with Crippen molar-refractivity contribution in [2.24, 2.45) is 0 Å². The van der Waals surface area contributed by atoms with Crippen molar-refractivity contribution in [2.45, 2.75) is 50.8 Å². The van der Waals surface area contributed by atoms with Crippen LogP contribution in [0.5, 0.6) is 0 Å². The van der Waals surface area contributed by atoms with Crippen LogP contribution in [0.2, 0.25) is 0 Å². The summed E-state index contributed by atoms with van der Waals surface area (Å²) in [6.07, 6.45) is 9.19. The Kier molecular flexibility index (Phi) is 6.37. The summed E-state index contributed by atoms with van der Waals surface area (Å²) in [7, 11) is -3.72. The van der Waals surface area contributed by atoms with Crippen molar-refractivity contribution in [3.63, 3.8) is 0 Å².